The second-order valence-corrected chi connectivity index (χ2v) is 4.68. The van der Waals surface area contributed by atoms with Crippen molar-refractivity contribution in [3.8, 4) is 0 Å². The van der Waals surface area contributed by atoms with Crippen LogP contribution in [-0.2, 0) is 4.74 Å². The molecule has 82 valence electrons. The summed E-state index contributed by atoms with van der Waals surface area (Å²) in [7, 11) is 0. The Morgan fingerprint density at radius 3 is 2.64 bits per heavy atom. The number of aliphatic hydroxyl groups excluding tert-OH is 1. The molecule has 0 aliphatic carbocycles. The number of ether oxygens (including phenoxy) is 1. The van der Waals surface area contributed by atoms with Crippen molar-refractivity contribution in [3.63, 3.8) is 0 Å². The van der Waals surface area contributed by atoms with Crippen LogP contribution < -0.4 is 5.32 Å². The van der Waals surface area contributed by atoms with Gasteiger partial charge < -0.3 is 15.2 Å². The molecule has 3 heteroatoms. The highest BCUT2D eigenvalue weighted by Crippen LogP contribution is 2.27. The molecule has 14 heavy (non-hydrogen) atoms. The molecule has 0 saturated carbocycles. The van der Waals surface area contributed by atoms with E-state index < -0.39 is 0 Å². The molecule has 0 aromatic rings. The van der Waals surface area contributed by atoms with E-state index in [2.05, 4.69) is 5.32 Å². The van der Waals surface area contributed by atoms with Crippen molar-refractivity contribution in [3.05, 3.63) is 0 Å². The minimum atomic E-state index is 0.296. The Hall–Kier alpha value is -0.120. The number of nitrogens with one attached hydrogen (secondary N) is 1. The monoisotopic (exact) mass is 199 g/mol. The van der Waals surface area contributed by atoms with E-state index >= 15 is 0 Å². The molecular weight excluding hydrogens is 178 g/mol. The summed E-state index contributed by atoms with van der Waals surface area (Å²) in [5, 5.41) is 12.4. The van der Waals surface area contributed by atoms with Gasteiger partial charge in [-0.15, -0.1) is 0 Å². The summed E-state index contributed by atoms with van der Waals surface area (Å²) in [5.74, 6) is 1.66. The van der Waals surface area contributed by atoms with E-state index in [0.717, 1.165) is 38.0 Å². The fourth-order valence-electron chi connectivity index (χ4n) is 2.67. The highest BCUT2D eigenvalue weighted by Gasteiger charge is 2.26. The molecule has 2 N–H and O–H groups in total. The van der Waals surface area contributed by atoms with Crippen LogP contribution in [0.3, 0.4) is 0 Å². The Morgan fingerprint density at radius 1 is 1.21 bits per heavy atom. The van der Waals surface area contributed by atoms with Crippen molar-refractivity contribution >= 4 is 0 Å². The third-order valence-electron chi connectivity index (χ3n) is 3.54. The molecule has 2 aliphatic rings. The van der Waals surface area contributed by atoms with Crippen molar-refractivity contribution in [2.45, 2.75) is 31.7 Å². The van der Waals surface area contributed by atoms with Gasteiger partial charge in [-0.2, -0.15) is 0 Å². The van der Waals surface area contributed by atoms with Gasteiger partial charge in [-0.25, -0.2) is 0 Å². The van der Waals surface area contributed by atoms with Gasteiger partial charge in [0.15, 0.2) is 0 Å². The maximum atomic E-state index is 9.01. The topological polar surface area (TPSA) is 41.5 Å². The van der Waals surface area contributed by atoms with Crippen molar-refractivity contribution in [1.82, 2.24) is 5.32 Å². The first kappa shape index (κ1) is 10.4. The second-order valence-electron chi connectivity index (χ2n) is 4.68. The smallest absolute Gasteiger partial charge is 0.0584 e. The molecule has 0 spiro atoms. The van der Waals surface area contributed by atoms with E-state index in [0.29, 0.717) is 12.6 Å². The van der Waals surface area contributed by atoms with E-state index in [1.54, 1.807) is 0 Å². The predicted molar refractivity (Wildman–Crippen MR) is 55.1 cm³/mol. The zero-order valence-corrected chi connectivity index (χ0v) is 8.74. The van der Waals surface area contributed by atoms with Gasteiger partial charge >= 0.3 is 0 Å². The van der Waals surface area contributed by atoms with Gasteiger partial charge in [0.05, 0.1) is 6.61 Å². The van der Waals surface area contributed by atoms with E-state index in [1.807, 2.05) is 0 Å². The van der Waals surface area contributed by atoms with Crippen LogP contribution in [0.25, 0.3) is 0 Å². The molecule has 0 amide bonds. The van der Waals surface area contributed by atoms with Gasteiger partial charge in [0.2, 0.25) is 0 Å². The fourth-order valence-corrected chi connectivity index (χ4v) is 2.67. The maximum absolute atomic E-state index is 9.01. The highest BCUT2D eigenvalue weighted by atomic mass is 16.5. The number of rotatable bonds is 3. The van der Waals surface area contributed by atoms with E-state index in [9.17, 15) is 0 Å². The van der Waals surface area contributed by atoms with Gasteiger partial charge in [-0.05, 0) is 44.1 Å². The Kier molecular flexibility index (Phi) is 3.79. The average molecular weight is 199 g/mol. The van der Waals surface area contributed by atoms with Crippen LogP contribution in [0, 0.1) is 11.8 Å². The lowest BCUT2D eigenvalue weighted by atomic mass is 9.88. The minimum Gasteiger partial charge on any atom is -0.395 e. The summed E-state index contributed by atoms with van der Waals surface area (Å²) in [6.07, 6.45) is 4.96. The summed E-state index contributed by atoms with van der Waals surface area (Å²) >= 11 is 0. The molecule has 2 saturated heterocycles. The lowest BCUT2D eigenvalue weighted by molar-refractivity contribution is 0.0592. The molecule has 0 aromatic heterocycles. The first-order valence-electron chi connectivity index (χ1n) is 5.80. The van der Waals surface area contributed by atoms with Gasteiger partial charge in [-0.1, -0.05) is 0 Å². The van der Waals surface area contributed by atoms with Gasteiger partial charge in [0.25, 0.3) is 0 Å². The molecule has 2 heterocycles. The maximum Gasteiger partial charge on any atom is 0.0584 e. The SMILES string of the molecule is OCC1CC(CC2CCOCC2)CN1. The van der Waals surface area contributed by atoms with E-state index in [1.165, 1.54) is 19.3 Å². The Balaban J connectivity index is 1.69. The molecule has 0 aromatic carbocycles. The van der Waals surface area contributed by atoms with Crippen molar-refractivity contribution in [2.24, 2.45) is 11.8 Å². The lowest BCUT2D eigenvalue weighted by Gasteiger charge is -2.24. The van der Waals surface area contributed by atoms with E-state index in [4.69, 9.17) is 9.84 Å². The summed E-state index contributed by atoms with van der Waals surface area (Å²) in [5.41, 5.74) is 0. The summed E-state index contributed by atoms with van der Waals surface area (Å²) in [6, 6.07) is 0.361. The van der Waals surface area contributed by atoms with Crippen molar-refractivity contribution in [1.29, 1.82) is 0 Å². The molecule has 3 nitrogen and oxygen atoms in total. The molecular formula is C11H21NO2. The zero-order valence-electron chi connectivity index (χ0n) is 8.74. The highest BCUT2D eigenvalue weighted by molar-refractivity contribution is 4.82. The Bertz CT molecular complexity index is 169. The zero-order chi connectivity index (χ0) is 9.80. The first-order chi connectivity index (χ1) is 6.88. The van der Waals surface area contributed by atoms with Crippen LogP contribution in [0.4, 0.5) is 0 Å². The lowest BCUT2D eigenvalue weighted by Crippen LogP contribution is -2.24. The quantitative estimate of drug-likeness (QED) is 0.705. The number of aliphatic hydroxyl groups is 1. The fraction of sp³-hybridized carbons (Fsp3) is 1.00. The van der Waals surface area contributed by atoms with Crippen LogP contribution in [0.1, 0.15) is 25.7 Å². The normalized spacial score (nSPS) is 34.9. The standard InChI is InChI=1S/C11H21NO2/c13-8-11-6-10(7-12-11)5-9-1-3-14-4-2-9/h9-13H,1-8H2. The van der Waals surface area contributed by atoms with Crippen LogP contribution in [0.15, 0.2) is 0 Å². The van der Waals surface area contributed by atoms with Crippen LogP contribution in [0.2, 0.25) is 0 Å². The molecule has 0 bridgehead atoms. The minimum absolute atomic E-state index is 0.296. The van der Waals surface area contributed by atoms with Gasteiger partial charge in [0, 0.05) is 19.3 Å². The van der Waals surface area contributed by atoms with Gasteiger partial charge in [-0.3, -0.25) is 0 Å². The summed E-state index contributed by atoms with van der Waals surface area (Å²) in [6.45, 7) is 3.30. The van der Waals surface area contributed by atoms with Crippen molar-refractivity contribution < 1.29 is 9.84 Å². The number of hydrogen-bond acceptors (Lipinski definition) is 3. The predicted octanol–water partition coefficient (Wildman–Crippen LogP) is 0.773. The molecule has 2 fully saturated rings. The van der Waals surface area contributed by atoms with Crippen LogP contribution in [0.5, 0.6) is 0 Å². The second kappa shape index (κ2) is 5.10. The number of hydrogen-bond donors (Lipinski definition) is 2. The largest absolute Gasteiger partial charge is 0.395 e. The molecule has 2 atom stereocenters. The molecule has 0 radical (unpaired) electrons. The summed E-state index contributed by atoms with van der Waals surface area (Å²) in [4.78, 5) is 0. The Morgan fingerprint density at radius 2 is 2.00 bits per heavy atom. The van der Waals surface area contributed by atoms with Crippen LogP contribution in [-0.4, -0.2) is 37.5 Å². The molecule has 2 rings (SSSR count). The Labute approximate surface area is 85.8 Å². The van der Waals surface area contributed by atoms with E-state index in [-0.39, 0.29) is 0 Å². The third kappa shape index (κ3) is 2.69. The molecule has 2 unspecified atom stereocenters. The summed E-state index contributed by atoms with van der Waals surface area (Å²) < 4.78 is 5.35. The van der Waals surface area contributed by atoms with Crippen molar-refractivity contribution in [2.75, 3.05) is 26.4 Å². The first-order valence-corrected chi connectivity index (χ1v) is 5.80. The van der Waals surface area contributed by atoms with Gasteiger partial charge in [0.1, 0.15) is 0 Å². The molecule has 2 aliphatic heterocycles. The average Bonchev–Trinajstić information content (AvgIpc) is 2.67. The van der Waals surface area contributed by atoms with Crippen LogP contribution >= 0.6 is 0 Å². The third-order valence-corrected chi connectivity index (χ3v) is 3.54.